The van der Waals surface area contributed by atoms with Crippen LogP contribution in [0.5, 0.6) is 0 Å². The molecule has 0 radical (unpaired) electrons. The molecule has 0 saturated carbocycles. The summed E-state index contributed by atoms with van der Waals surface area (Å²) in [7, 11) is 0. The zero-order valence-corrected chi connectivity index (χ0v) is 11.3. The molecule has 1 aromatic heterocycles. The van der Waals surface area contributed by atoms with Gasteiger partial charge in [0.25, 0.3) is 0 Å². The standard InChI is InChI=1S/C18H17N/c1-18(2,15-8-4-3-5-9-15)16-11-10-14-7-6-12-19-17(14)13-16/h3-13H,1-2H3. The molecule has 0 unspecified atom stereocenters. The fourth-order valence-electron chi connectivity index (χ4n) is 2.48. The Balaban J connectivity index is 2.13. The van der Waals surface area contributed by atoms with Gasteiger partial charge in [0.05, 0.1) is 5.52 Å². The lowest BCUT2D eigenvalue weighted by molar-refractivity contribution is 0.641. The number of hydrogen-bond donors (Lipinski definition) is 0. The molecule has 94 valence electrons. The summed E-state index contributed by atoms with van der Waals surface area (Å²) in [5, 5.41) is 1.19. The maximum absolute atomic E-state index is 4.45. The van der Waals surface area contributed by atoms with Crippen LogP contribution in [0.4, 0.5) is 0 Å². The third-order valence-corrected chi connectivity index (χ3v) is 3.82. The maximum atomic E-state index is 4.45. The molecule has 0 amide bonds. The van der Waals surface area contributed by atoms with Crippen LogP contribution in [-0.2, 0) is 5.41 Å². The number of benzene rings is 2. The first kappa shape index (κ1) is 11.9. The van der Waals surface area contributed by atoms with Crippen molar-refractivity contribution in [2.45, 2.75) is 19.3 Å². The molecule has 1 nitrogen and oxygen atoms in total. The number of hydrogen-bond acceptors (Lipinski definition) is 1. The van der Waals surface area contributed by atoms with Crippen molar-refractivity contribution in [3.05, 3.63) is 78.0 Å². The van der Waals surface area contributed by atoms with Crippen molar-refractivity contribution in [3.63, 3.8) is 0 Å². The third kappa shape index (κ3) is 2.12. The van der Waals surface area contributed by atoms with Gasteiger partial charge in [0.2, 0.25) is 0 Å². The van der Waals surface area contributed by atoms with E-state index in [1.54, 1.807) is 0 Å². The van der Waals surface area contributed by atoms with Gasteiger partial charge >= 0.3 is 0 Å². The minimum atomic E-state index is -0.00697. The van der Waals surface area contributed by atoms with E-state index in [4.69, 9.17) is 0 Å². The first-order valence-corrected chi connectivity index (χ1v) is 6.59. The minimum Gasteiger partial charge on any atom is -0.256 e. The van der Waals surface area contributed by atoms with Crippen LogP contribution >= 0.6 is 0 Å². The van der Waals surface area contributed by atoms with Crippen molar-refractivity contribution in [3.8, 4) is 0 Å². The van der Waals surface area contributed by atoms with Crippen molar-refractivity contribution in [1.82, 2.24) is 4.98 Å². The van der Waals surface area contributed by atoms with Crippen LogP contribution in [0.25, 0.3) is 10.9 Å². The average molecular weight is 247 g/mol. The second-order valence-electron chi connectivity index (χ2n) is 5.40. The zero-order valence-electron chi connectivity index (χ0n) is 11.3. The van der Waals surface area contributed by atoms with Crippen molar-refractivity contribution >= 4 is 10.9 Å². The lowest BCUT2D eigenvalue weighted by Crippen LogP contribution is -2.18. The van der Waals surface area contributed by atoms with E-state index in [0.29, 0.717) is 0 Å². The highest BCUT2D eigenvalue weighted by molar-refractivity contribution is 5.79. The quantitative estimate of drug-likeness (QED) is 0.647. The lowest BCUT2D eigenvalue weighted by atomic mass is 9.78. The van der Waals surface area contributed by atoms with E-state index in [-0.39, 0.29) is 5.41 Å². The van der Waals surface area contributed by atoms with Crippen LogP contribution < -0.4 is 0 Å². The van der Waals surface area contributed by atoms with Crippen molar-refractivity contribution in [2.75, 3.05) is 0 Å². The summed E-state index contributed by atoms with van der Waals surface area (Å²) < 4.78 is 0. The average Bonchev–Trinajstić information content (AvgIpc) is 2.47. The zero-order chi connectivity index (χ0) is 13.3. The molecule has 0 bridgehead atoms. The molecule has 2 aromatic carbocycles. The van der Waals surface area contributed by atoms with Gasteiger partial charge in [-0.25, -0.2) is 0 Å². The Hall–Kier alpha value is -2.15. The minimum absolute atomic E-state index is 0.00697. The summed E-state index contributed by atoms with van der Waals surface area (Å²) in [6.45, 7) is 4.51. The van der Waals surface area contributed by atoms with Gasteiger partial charge in [-0.05, 0) is 23.3 Å². The Labute approximate surface area is 113 Å². The normalized spacial score (nSPS) is 11.7. The molecular formula is C18H17N. The van der Waals surface area contributed by atoms with Gasteiger partial charge in [0.1, 0.15) is 0 Å². The summed E-state index contributed by atoms with van der Waals surface area (Å²) in [4.78, 5) is 4.45. The molecule has 0 aliphatic heterocycles. The highest BCUT2D eigenvalue weighted by atomic mass is 14.6. The molecule has 0 aliphatic carbocycles. The Kier molecular flexibility index (Phi) is 2.83. The highest BCUT2D eigenvalue weighted by Crippen LogP contribution is 2.32. The summed E-state index contributed by atoms with van der Waals surface area (Å²) in [5.41, 5.74) is 3.67. The van der Waals surface area contributed by atoms with Crippen molar-refractivity contribution in [2.24, 2.45) is 0 Å². The number of nitrogens with zero attached hydrogens (tertiary/aromatic N) is 1. The number of fused-ring (bicyclic) bond motifs is 1. The van der Waals surface area contributed by atoms with Crippen molar-refractivity contribution < 1.29 is 0 Å². The summed E-state index contributed by atoms with van der Waals surface area (Å²) in [6.07, 6.45) is 1.85. The molecule has 0 saturated heterocycles. The topological polar surface area (TPSA) is 12.9 Å². The second-order valence-corrected chi connectivity index (χ2v) is 5.40. The highest BCUT2D eigenvalue weighted by Gasteiger charge is 2.22. The van der Waals surface area contributed by atoms with Crippen LogP contribution in [-0.4, -0.2) is 4.98 Å². The SMILES string of the molecule is CC(C)(c1ccccc1)c1ccc2cccnc2c1. The summed E-state index contributed by atoms with van der Waals surface area (Å²) in [6, 6.07) is 21.2. The van der Waals surface area contributed by atoms with Gasteiger partial charge in [0.15, 0.2) is 0 Å². The largest absolute Gasteiger partial charge is 0.256 e. The summed E-state index contributed by atoms with van der Waals surface area (Å²) >= 11 is 0. The third-order valence-electron chi connectivity index (χ3n) is 3.82. The van der Waals surface area contributed by atoms with Gasteiger partial charge < -0.3 is 0 Å². The van der Waals surface area contributed by atoms with Gasteiger partial charge in [-0.3, -0.25) is 4.98 Å². The molecule has 1 heteroatoms. The molecule has 0 atom stereocenters. The molecule has 0 aliphatic rings. The number of rotatable bonds is 2. The van der Waals surface area contributed by atoms with E-state index >= 15 is 0 Å². The van der Waals surface area contributed by atoms with Crippen LogP contribution in [0.2, 0.25) is 0 Å². The fraction of sp³-hybridized carbons (Fsp3) is 0.167. The molecule has 3 aromatic rings. The Morgan fingerprint density at radius 3 is 2.37 bits per heavy atom. The van der Waals surface area contributed by atoms with Crippen LogP contribution in [0, 0.1) is 0 Å². The predicted octanol–water partition coefficient (Wildman–Crippen LogP) is 4.56. The summed E-state index contributed by atoms with van der Waals surface area (Å²) in [5.74, 6) is 0. The van der Waals surface area contributed by atoms with Gasteiger partial charge in [-0.2, -0.15) is 0 Å². The van der Waals surface area contributed by atoms with E-state index in [2.05, 4.69) is 73.4 Å². The Morgan fingerprint density at radius 1 is 0.789 bits per heavy atom. The van der Waals surface area contributed by atoms with Gasteiger partial charge in [-0.15, -0.1) is 0 Å². The van der Waals surface area contributed by atoms with Crippen LogP contribution in [0.3, 0.4) is 0 Å². The lowest BCUT2D eigenvalue weighted by Gasteiger charge is -2.26. The molecular weight excluding hydrogens is 230 g/mol. The maximum Gasteiger partial charge on any atom is 0.0705 e. The second kappa shape index (κ2) is 4.51. The van der Waals surface area contributed by atoms with E-state index < -0.39 is 0 Å². The van der Waals surface area contributed by atoms with Gasteiger partial charge in [-0.1, -0.05) is 62.4 Å². The van der Waals surface area contributed by atoms with Crippen molar-refractivity contribution in [1.29, 1.82) is 0 Å². The smallest absolute Gasteiger partial charge is 0.0705 e. The molecule has 1 heterocycles. The molecule has 0 fully saturated rings. The van der Waals surface area contributed by atoms with Crippen LogP contribution in [0.15, 0.2) is 66.9 Å². The molecule has 19 heavy (non-hydrogen) atoms. The van der Waals surface area contributed by atoms with E-state index in [9.17, 15) is 0 Å². The fourth-order valence-corrected chi connectivity index (χ4v) is 2.48. The van der Waals surface area contributed by atoms with Gasteiger partial charge in [0, 0.05) is 17.0 Å². The number of aromatic nitrogens is 1. The molecule has 3 rings (SSSR count). The van der Waals surface area contributed by atoms with E-state index in [1.807, 2.05) is 12.3 Å². The Bertz CT molecular complexity index is 699. The Morgan fingerprint density at radius 2 is 1.58 bits per heavy atom. The monoisotopic (exact) mass is 247 g/mol. The first-order valence-electron chi connectivity index (χ1n) is 6.59. The van der Waals surface area contributed by atoms with E-state index in [0.717, 1.165) is 5.52 Å². The first-order chi connectivity index (χ1) is 9.18. The molecule has 0 spiro atoms. The predicted molar refractivity (Wildman–Crippen MR) is 80.3 cm³/mol. The number of pyridine rings is 1. The molecule has 0 N–H and O–H groups in total. The van der Waals surface area contributed by atoms with E-state index in [1.165, 1.54) is 16.5 Å². The van der Waals surface area contributed by atoms with Crippen LogP contribution in [0.1, 0.15) is 25.0 Å².